The van der Waals surface area contributed by atoms with E-state index in [1.807, 2.05) is 42.3 Å². The molecule has 0 atom stereocenters. The molecule has 0 fully saturated rings. The molecule has 0 bridgehead atoms. The zero-order chi connectivity index (χ0) is 18.8. The molecule has 136 valence electrons. The molecule has 27 heavy (non-hydrogen) atoms. The summed E-state index contributed by atoms with van der Waals surface area (Å²) in [6.07, 6.45) is 3.46. The molecule has 4 aromatic rings. The molecule has 4 rings (SSSR count). The fraction of sp³-hybridized carbons (Fsp3) is 0.190. The standard InChI is InChI=1S/C21H20N4OS/c1-14-8-9-16(22-12-13-25(2)21-23-10-5-11-24-21)18-19(26)15-6-3-4-7-17(15)27-20(14)18/h3-11,22H,12-13H2,1-2H3. The van der Waals surface area contributed by atoms with Crippen LogP contribution in [0.25, 0.3) is 20.2 Å². The maximum absolute atomic E-state index is 13.1. The molecule has 2 aromatic heterocycles. The molecule has 5 nitrogen and oxygen atoms in total. The Balaban J connectivity index is 1.65. The molecule has 0 saturated heterocycles. The summed E-state index contributed by atoms with van der Waals surface area (Å²) in [6, 6.07) is 13.7. The first-order chi connectivity index (χ1) is 13.1. The highest BCUT2D eigenvalue weighted by molar-refractivity contribution is 7.24. The summed E-state index contributed by atoms with van der Waals surface area (Å²) in [5, 5.41) is 4.98. The minimum absolute atomic E-state index is 0.0882. The van der Waals surface area contributed by atoms with Crippen LogP contribution in [0.4, 0.5) is 11.6 Å². The molecule has 1 N–H and O–H groups in total. The summed E-state index contributed by atoms with van der Waals surface area (Å²) in [7, 11) is 1.96. The second kappa shape index (κ2) is 7.32. The Labute approximate surface area is 161 Å². The molecule has 6 heteroatoms. The normalized spacial score (nSPS) is 11.0. The maximum Gasteiger partial charge on any atom is 0.225 e. The first kappa shape index (κ1) is 17.4. The average molecular weight is 376 g/mol. The third kappa shape index (κ3) is 3.36. The van der Waals surface area contributed by atoms with Crippen molar-refractivity contribution in [2.45, 2.75) is 6.92 Å². The number of hydrogen-bond acceptors (Lipinski definition) is 6. The molecule has 0 amide bonds. The van der Waals surface area contributed by atoms with Gasteiger partial charge in [0.05, 0.1) is 5.39 Å². The molecule has 0 unspecified atom stereocenters. The van der Waals surface area contributed by atoms with Gasteiger partial charge in [0.15, 0.2) is 5.43 Å². The van der Waals surface area contributed by atoms with Crippen LogP contribution in [0.5, 0.6) is 0 Å². The molecule has 0 aliphatic heterocycles. The lowest BCUT2D eigenvalue weighted by Crippen LogP contribution is -2.26. The van der Waals surface area contributed by atoms with Crippen LogP contribution in [0.1, 0.15) is 5.56 Å². The average Bonchev–Trinajstić information content (AvgIpc) is 2.71. The van der Waals surface area contributed by atoms with Crippen LogP contribution in [0.2, 0.25) is 0 Å². The van der Waals surface area contributed by atoms with Crippen molar-refractivity contribution < 1.29 is 0 Å². The second-order valence-electron chi connectivity index (χ2n) is 6.46. The largest absolute Gasteiger partial charge is 0.383 e. The van der Waals surface area contributed by atoms with Gasteiger partial charge in [0.2, 0.25) is 5.95 Å². The van der Waals surface area contributed by atoms with E-state index in [2.05, 4.69) is 28.3 Å². The van der Waals surface area contributed by atoms with E-state index < -0.39 is 0 Å². The number of benzene rings is 2. The van der Waals surface area contributed by atoms with Gasteiger partial charge in [-0.05, 0) is 36.8 Å². The van der Waals surface area contributed by atoms with E-state index in [1.54, 1.807) is 29.8 Å². The number of likely N-dealkylation sites (N-methyl/N-ethyl adjacent to an activating group) is 1. The summed E-state index contributed by atoms with van der Waals surface area (Å²) >= 11 is 1.67. The Kier molecular flexibility index (Phi) is 4.73. The quantitative estimate of drug-likeness (QED) is 0.532. The van der Waals surface area contributed by atoms with Crippen molar-refractivity contribution in [2.75, 3.05) is 30.4 Å². The SMILES string of the molecule is Cc1ccc(NCCN(C)c2ncccn2)c2c(=O)c3ccccc3sc12. The van der Waals surface area contributed by atoms with Crippen LogP contribution in [-0.2, 0) is 0 Å². The van der Waals surface area contributed by atoms with Crippen molar-refractivity contribution in [3.63, 3.8) is 0 Å². The lowest BCUT2D eigenvalue weighted by molar-refractivity contribution is 0.867. The zero-order valence-electron chi connectivity index (χ0n) is 15.3. The highest BCUT2D eigenvalue weighted by atomic mass is 32.1. The van der Waals surface area contributed by atoms with Gasteiger partial charge in [0, 0.05) is 53.0 Å². The van der Waals surface area contributed by atoms with Crippen LogP contribution < -0.4 is 15.6 Å². The van der Waals surface area contributed by atoms with E-state index in [4.69, 9.17) is 0 Å². The third-order valence-electron chi connectivity index (χ3n) is 4.58. The van der Waals surface area contributed by atoms with Crippen LogP contribution in [0, 0.1) is 6.92 Å². The number of fused-ring (bicyclic) bond motifs is 2. The molecule has 0 spiro atoms. The van der Waals surface area contributed by atoms with Gasteiger partial charge in [-0.3, -0.25) is 4.79 Å². The summed E-state index contributed by atoms with van der Waals surface area (Å²) in [5.41, 5.74) is 2.09. The molecule has 0 aliphatic carbocycles. The molecule has 0 radical (unpaired) electrons. The Hall–Kier alpha value is -2.99. The molecule has 0 saturated carbocycles. The van der Waals surface area contributed by atoms with Gasteiger partial charge in [-0.2, -0.15) is 0 Å². The van der Waals surface area contributed by atoms with Crippen molar-refractivity contribution in [3.05, 3.63) is 70.6 Å². The van der Waals surface area contributed by atoms with E-state index >= 15 is 0 Å². The van der Waals surface area contributed by atoms with E-state index in [0.717, 1.165) is 38.0 Å². The van der Waals surface area contributed by atoms with Crippen molar-refractivity contribution in [1.82, 2.24) is 9.97 Å². The zero-order valence-corrected chi connectivity index (χ0v) is 16.1. The topological polar surface area (TPSA) is 58.1 Å². The number of rotatable bonds is 5. The summed E-state index contributed by atoms with van der Waals surface area (Å²) < 4.78 is 2.07. The van der Waals surface area contributed by atoms with E-state index in [0.29, 0.717) is 12.5 Å². The van der Waals surface area contributed by atoms with Crippen molar-refractivity contribution in [3.8, 4) is 0 Å². The number of aromatic nitrogens is 2. The second-order valence-corrected chi connectivity index (χ2v) is 7.51. The first-order valence-electron chi connectivity index (χ1n) is 8.82. The summed E-state index contributed by atoms with van der Waals surface area (Å²) in [6.45, 7) is 3.46. The predicted octanol–water partition coefficient (Wildman–Crippen LogP) is 4.06. The van der Waals surface area contributed by atoms with E-state index in [-0.39, 0.29) is 5.43 Å². The molecule has 2 heterocycles. The number of nitrogens with one attached hydrogen (secondary N) is 1. The fourth-order valence-electron chi connectivity index (χ4n) is 3.13. The number of anilines is 2. The van der Waals surface area contributed by atoms with Gasteiger partial charge in [0.25, 0.3) is 0 Å². The molecular formula is C21H20N4OS. The Morgan fingerprint density at radius 2 is 1.85 bits per heavy atom. The lowest BCUT2D eigenvalue weighted by Gasteiger charge is -2.18. The summed E-state index contributed by atoms with van der Waals surface area (Å²) in [4.78, 5) is 23.6. The minimum Gasteiger partial charge on any atom is -0.383 e. The Morgan fingerprint density at radius 3 is 2.67 bits per heavy atom. The van der Waals surface area contributed by atoms with Crippen LogP contribution in [0.15, 0.2) is 59.7 Å². The Bertz CT molecular complexity index is 1160. The maximum atomic E-state index is 13.1. The van der Waals surface area contributed by atoms with Gasteiger partial charge in [-0.25, -0.2) is 9.97 Å². The molecule has 0 aliphatic rings. The number of nitrogens with zero attached hydrogens (tertiary/aromatic N) is 3. The van der Waals surface area contributed by atoms with E-state index in [1.165, 1.54) is 0 Å². The molecule has 2 aromatic carbocycles. The first-order valence-corrected chi connectivity index (χ1v) is 9.64. The van der Waals surface area contributed by atoms with Crippen molar-refractivity contribution in [1.29, 1.82) is 0 Å². The summed E-state index contributed by atoms with van der Waals surface area (Å²) in [5.74, 6) is 0.686. The van der Waals surface area contributed by atoms with Gasteiger partial charge in [-0.15, -0.1) is 11.3 Å². The lowest BCUT2D eigenvalue weighted by atomic mass is 10.1. The highest BCUT2D eigenvalue weighted by Crippen LogP contribution is 2.31. The van der Waals surface area contributed by atoms with Crippen molar-refractivity contribution >= 4 is 43.1 Å². The van der Waals surface area contributed by atoms with Crippen molar-refractivity contribution in [2.24, 2.45) is 0 Å². The van der Waals surface area contributed by atoms with Crippen LogP contribution >= 0.6 is 11.3 Å². The van der Waals surface area contributed by atoms with Crippen LogP contribution in [-0.4, -0.2) is 30.1 Å². The Morgan fingerprint density at radius 1 is 1.07 bits per heavy atom. The van der Waals surface area contributed by atoms with Gasteiger partial charge in [-0.1, -0.05) is 18.2 Å². The van der Waals surface area contributed by atoms with Gasteiger partial charge < -0.3 is 10.2 Å². The number of hydrogen-bond donors (Lipinski definition) is 1. The van der Waals surface area contributed by atoms with E-state index in [9.17, 15) is 4.79 Å². The molecular weight excluding hydrogens is 356 g/mol. The third-order valence-corrected chi connectivity index (χ3v) is 5.89. The van der Waals surface area contributed by atoms with Gasteiger partial charge in [0.1, 0.15) is 0 Å². The smallest absolute Gasteiger partial charge is 0.225 e. The fourth-order valence-corrected chi connectivity index (χ4v) is 4.30. The minimum atomic E-state index is 0.0882. The van der Waals surface area contributed by atoms with Crippen LogP contribution in [0.3, 0.4) is 0 Å². The predicted molar refractivity (Wildman–Crippen MR) is 114 cm³/mol. The number of aryl methyl sites for hydroxylation is 1. The monoisotopic (exact) mass is 376 g/mol. The van der Waals surface area contributed by atoms with Gasteiger partial charge >= 0.3 is 0 Å². The highest BCUT2D eigenvalue weighted by Gasteiger charge is 2.12.